The van der Waals surface area contributed by atoms with E-state index in [0.29, 0.717) is 0 Å². The fourth-order valence-electron chi connectivity index (χ4n) is 2.18. The predicted molar refractivity (Wildman–Crippen MR) is 93.3 cm³/mol. The highest BCUT2D eigenvalue weighted by Crippen LogP contribution is 2.30. The van der Waals surface area contributed by atoms with Gasteiger partial charge < -0.3 is 0 Å². The third kappa shape index (κ3) is 3.12. The molecule has 0 N–H and O–H groups in total. The second-order valence-electron chi connectivity index (χ2n) is 4.54. The molecule has 0 aliphatic carbocycles. The molecular weight excluding hydrogens is 387 g/mol. The molecule has 0 saturated carbocycles. The number of hydrogen-bond acceptors (Lipinski definition) is 1. The third-order valence-electron chi connectivity index (χ3n) is 3.18. The SMILES string of the molecule is ClC(Cc1ccc2ccccc2c1)c1csc(I)c1. The van der Waals surface area contributed by atoms with E-state index in [1.54, 1.807) is 11.3 Å². The Balaban J connectivity index is 1.84. The summed E-state index contributed by atoms with van der Waals surface area (Å²) >= 11 is 10.6. The maximum atomic E-state index is 6.51. The summed E-state index contributed by atoms with van der Waals surface area (Å²) in [6, 6.07) is 17.2. The first-order chi connectivity index (χ1) is 9.22. The summed E-state index contributed by atoms with van der Waals surface area (Å²) in [6.45, 7) is 0. The number of hydrogen-bond donors (Lipinski definition) is 0. The molecule has 2 aromatic carbocycles. The van der Waals surface area contributed by atoms with Crippen molar-refractivity contribution in [2.45, 2.75) is 11.8 Å². The van der Waals surface area contributed by atoms with Gasteiger partial charge in [0, 0.05) is 0 Å². The first kappa shape index (κ1) is 13.4. The molecular formula is C16H12ClIS. The van der Waals surface area contributed by atoms with Gasteiger partial charge in [-0.1, -0.05) is 42.5 Å². The highest BCUT2D eigenvalue weighted by Gasteiger charge is 2.11. The zero-order valence-electron chi connectivity index (χ0n) is 10.1. The van der Waals surface area contributed by atoms with Gasteiger partial charge in [0.1, 0.15) is 0 Å². The van der Waals surface area contributed by atoms with Crippen LogP contribution in [0.3, 0.4) is 0 Å². The Morgan fingerprint density at radius 3 is 2.58 bits per heavy atom. The van der Waals surface area contributed by atoms with Gasteiger partial charge >= 0.3 is 0 Å². The first-order valence-electron chi connectivity index (χ1n) is 6.08. The molecule has 3 aromatic rings. The van der Waals surface area contributed by atoms with Crippen LogP contribution in [0.1, 0.15) is 16.5 Å². The van der Waals surface area contributed by atoms with E-state index in [-0.39, 0.29) is 5.38 Å². The van der Waals surface area contributed by atoms with Crippen molar-refractivity contribution < 1.29 is 0 Å². The van der Waals surface area contributed by atoms with Crippen molar-refractivity contribution >= 4 is 56.3 Å². The van der Waals surface area contributed by atoms with E-state index in [1.165, 1.54) is 24.8 Å². The summed E-state index contributed by atoms with van der Waals surface area (Å²) in [5.74, 6) is 0. The van der Waals surface area contributed by atoms with Crippen LogP contribution in [0.2, 0.25) is 0 Å². The van der Waals surface area contributed by atoms with Crippen molar-refractivity contribution in [3.63, 3.8) is 0 Å². The molecule has 19 heavy (non-hydrogen) atoms. The summed E-state index contributed by atoms with van der Waals surface area (Å²) in [4.78, 5) is 0. The average Bonchev–Trinajstić information content (AvgIpc) is 2.85. The predicted octanol–water partition coefficient (Wildman–Crippen LogP) is 6.03. The molecule has 0 amide bonds. The van der Waals surface area contributed by atoms with E-state index in [9.17, 15) is 0 Å². The summed E-state index contributed by atoms with van der Waals surface area (Å²) in [6.07, 6.45) is 0.874. The smallest absolute Gasteiger partial charge is 0.0656 e. The topological polar surface area (TPSA) is 0 Å². The van der Waals surface area contributed by atoms with Crippen molar-refractivity contribution in [1.29, 1.82) is 0 Å². The van der Waals surface area contributed by atoms with E-state index in [0.717, 1.165) is 6.42 Å². The lowest BCUT2D eigenvalue weighted by molar-refractivity contribution is 0.926. The van der Waals surface area contributed by atoms with Crippen molar-refractivity contribution in [2.75, 3.05) is 0 Å². The Bertz CT molecular complexity index is 705. The van der Waals surface area contributed by atoms with Crippen LogP contribution in [0.5, 0.6) is 0 Å². The Labute approximate surface area is 135 Å². The number of benzene rings is 2. The second kappa shape index (κ2) is 5.81. The van der Waals surface area contributed by atoms with Gasteiger partial charge in [-0.25, -0.2) is 0 Å². The monoisotopic (exact) mass is 398 g/mol. The lowest BCUT2D eigenvalue weighted by atomic mass is 10.0. The van der Waals surface area contributed by atoms with Gasteiger partial charge in [0.2, 0.25) is 0 Å². The Kier molecular flexibility index (Phi) is 4.10. The van der Waals surface area contributed by atoms with E-state index in [2.05, 4.69) is 76.5 Å². The van der Waals surface area contributed by atoms with Gasteiger partial charge in [0.15, 0.2) is 0 Å². The van der Waals surface area contributed by atoms with Gasteiger partial charge in [0.25, 0.3) is 0 Å². The zero-order valence-corrected chi connectivity index (χ0v) is 13.9. The number of alkyl halides is 1. The molecule has 3 heteroatoms. The van der Waals surface area contributed by atoms with E-state index in [1.807, 2.05) is 0 Å². The van der Waals surface area contributed by atoms with Crippen LogP contribution >= 0.6 is 45.5 Å². The second-order valence-corrected chi connectivity index (χ2v) is 7.87. The molecule has 0 aliphatic heterocycles. The number of rotatable bonds is 3. The van der Waals surface area contributed by atoms with E-state index in [4.69, 9.17) is 11.6 Å². The van der Waals surface area contributed by atoms with Crippen LogP contribution in [-0.2, 0) is 6.42 Å². The summed E-state index contributed by atoms with van der Waals surface area (Å²) in [7, 11) is 0. The van der Waals surface area contributed by atoms with Crippen LogP contribution in [0, 0.1) is 2.88 Å². The van der Waals surface area contributed by atoms with Gasteiger partial charge in [-0.05, 0) is 62.4 Å². The Morgan fingerprint density at radius 1 is 1.05 bits per heavy atom. The van der Waals surface area contributed by atoms with Gasteiger partial charge in [0.05, 0.1) is 8.26 Å². The van der Waals surface area contributed by atoms with Gasteiger partial charge in [-0.15, -0.1) is 22.9 Å². The minimum absolute atomic E-state index is 0.0564. The minimum Gasteiger partial charge on any atom is -0.137 e. The molecule has 1 unspecified atom stereocenters. The summed E-state index contributed by atoms with van der Waals surface area (Å²) in [5, 5.41) is 4.77. The largest absolute Gasteiger partial charge is 0.137 e. The zero-order chi connectivity index (χ0) is 13.2. The first-order valence-corrected chi connectivity index (χ1v) is 8.47. The number of thiophene rings is 1. The van der Waals surface area contributed by atoms with Gasteiger partial charge in [-0.2, -0.15) is 0 Å². The standard InChI is InChI=1S/C16H12ClIS/c17-15(14-9-16(18)19-10-14)8-11-5-6-12-3-1-2-4-13(12)7-11/h1-7,9-10,15H,8H2. The number of halogens is 2. The van der Waals surface area contributed by atoms with Crippen molar-refractivity contribution in [1.82, 2.24) is 0 Å². The molecule has 0 spiro atoms. The molecule has 0 fully saturated rings. The van der Waals surface area contributed by atoms with E-state index < -0.39 is 0 Å². The molecule has 0 nitrogen and oxygen atoms in total. The van der Waals surface area contributed by atoms with Crippen LogP contribution in [0.15, 0.2) is 53.9 Å². The Morgan fingerprint density at radius 2 is 1.84 bits per heavy atom. The maximum Gasteiger partial charge on any atom is 0.0656 e. The van der Waals surface area contributed by atoms with Gasteiger partial charge in [-0.3, -0.25) is 0 Å². The lowest BCUT2D eigenvalue weighted by Crippen LogP contribution is -1.94. The molecule has 96 valence electrons. The lowest BCUT2D eigenvalue weighted by Gasteiger charge is -2.08. The maximum absolute atomic E-state index is 6.51. The number of fused-ring (bicyclic) bond motifs is 1. The van der Waals surface area contributed by atoms with Crippen LogP contribution in [0.4, 0.5) is 0 Å². The Hall–Kier alpha value is -0.580. The van der Waals surface area contributed by atoms with Crippen LogP contribution in [-0.4, -0.2) is 0 Å². The van der Waals surface area contributed by atoms with Crippen LogP contribution < -0.4 is 0 Å². The fourth-order valence-corrected chi connectivity index (χ4v) is 3.98. The molecule has 1 heterocycles. The molecule has 0 aliphatic rings. The highest BCUT2D eigenvalue weighted by atomic mass is 127. The molecule has 1 aromatic heterocycles. The molecule has 0 saturated heterocycles. The van der Waals surface area contributed by atoms with Crippen molar-refractivity contribution in [3.05, 3.63) is 67.9 Å². The fraction of sp³-hybridized carbons (Fsp3) is 0.125. The average molecular weight is 399 g/mol. The molecule has 0 bridgehead atoms. The highest BCUT2D eigenvalue weighted by molar-refractivity contribution is 14.1. The van der Waals surface area contributed by atoms with Crippen molar-refractivity contribution in [2.24, 2.45) is 0 Å². The normalized spacial score (nSPS) is 12.7. The van der Waals surface area contributed by atoms with Crippen LogP contribution in [0.25, 0.3) is 10.8 Å². The summed E-state index contributed by atoms with van der Waals surface area (Å²) < 4.78 is 1.29. The van der Waals surface area contributed by atoms with Crippen molar-refractivity contribution in [3.8, 4) is 0 Å². The quantitative estimate of drug-likeness (QED) is 0.373. The molecule has 1 atom stereocenters. The van der Waals surface area contributed by atoms with E-state index >= 15 is 0 Å². The summed E-state index contributed by atoms with van der Waals surface area (Å²) in [5.41, 5.74) is 2.52. The third-order valence-corrected chi connectivity index (χ3v) is 5.39. The molecule has 3 rings (SSSR count). The molecule has 0 radical (unpaired) electrons. The minimum atomic E-state index is 0.0564.